The van der Waals surface area contributed by atoms with Gasteiger partial charge in [0.25, 0.3) is 0 Å². The summed E-state index contributed by atoms with van der Waals surface area (Å²) in [6.07, 6.45) is 5.93. The minimum Gasteiger partial charge on any atom is -0.383 e. The highest BCUT2D eigenvalue weighted by Gasteiger charge is 2.20. The second-order valence-electron chi connectivity index (χ2n) is 5.31. The van der Waals surface area contributed by atoms with Crippen molar-refractivity contribution in [3.63, 3.8) is 0 Å². The molecule has 0 heterocycles. The first-order valence-corrected chi connectivity index (χ1v) is 8.95. The minimum atomic E-state index is -3.17. The van der Waals surface area contributed by atoms with Gasteiger partial charge in [-0.3, -0.25) is 0 Å². The van der Waals surface area contributed by atoms with Gasteiger partial charge < -0.3 is 10.1 Å². The largest absolute Gasteiger partial charge is 0.383 e. The Morgan fingerprint density at radius 1 is 1.32 bits per heavy atom. The Kier molecular flexibility index (Phi) is 7.90. The van der Waals surface area contributed by atoms with Gasteiger partial charge in [-0.05, 0) is 38.6 Å². The second kappa shape index (κ2) is 8.89. The van der Waals surface area contributed by atoms with Gasteiger partial charge in [0.2, 0.25) is 10.0 Å². The van der Waals surface area contributed by atoms with Crippen LogP contribution in [0.5, 0.6) is 0 Å². The first-order chi connectivity index (χ1) is 9.07. The van der Waals surface area contributed by atoms with Crippen LogP contribution in [0.2, 0.25) is 0 Å². The van der Waals surface area contributed by atoms with Gasteiger partial charge >= 0.3 is 0 Å². The number of hydrogen-bond acceptors (Lipinski definition) is 4. The van der Waals surface area contributed by atoms with Crippen molar-refractivity contribution in [1.82, 2.24) is 10.0 Å². The quantitative estimate of drug-likeness (QED) is 0.531. The van der Waals surface area contributed by atoms with Gasteiger partial charge in [0.05, 0.1) is 12.4 Å². The van der Waals surface area contributed by atoms with Crippen molar-refractivity contribution < 1.29 is 13.2 Å². The van der Waals surface area contributed by atoms with Gasteiger partial charge in [0.1, 0.15) is 0 Å². The molecule has 0 aromatic carbocycles. The molecule has 0 amide bonds. The summed E-state index contributed by atoms with van der Waals surface area (Å²) in [6.45, 7) is 3.41. The molecule has 2 N–H and O–H groups in total. The molecule has 0 saturated heterocycles. The maximum Gasteiger partial charge on any atom is 0.211 e. The van der Waals surface area contributed by atoms with Crippen LogP contribution < -0.4 is 10.0 Å². The lowest BCUT2D eigenvalue weighted by molar-refractivity contribution is 0.171. The third kappa shape index (κ3) is 8.57. The molecule has 114 valence electrons. The number of ether oxygens (including phenoxy) is 1. The molecular formula is C13H28N2O3S. The van der Waals surface area contributed by atoms with E-state index in [9.17, 15) is 8.42 Å². The van der Waals surface area contributed by atoms with Crippen LogP contribution in [0.15, 0.2) is 0 Å². The van der Waals surface area contributed by atoms with E-state index in [1.807, 2.05) is 6.92 Å². The summed E-state index contributed by atoms with van der Waals surface area (Å²) in [6, 6.07) is 0.606. The third-order valence-corrected chi connectivity index (χ3v) is 4.72. The van der Waals surface area contributed by atoms with Crippen LogP contribution >= 0.6 is 0 Å². The lowest BCUT2D eigenvalue weighted by atomic mass is 10.2. The van der Waals surface area contributed by atoms with Crippen molar-refractivity contribution in [2.45, 2.75) is 57.5 Å². The van der Waals surface area contributed by atoms with E-state index >= 15 is 0 Å². The molecule has 0 aliphatic heterocycles. The van der Waals surface area contributed by atoms with Gasteiger partial charge in [-0.1, -0.05) is 13.3 Å². The SMILES string of the molecule is CCCC(COC)NS(=O)(=O)CCCCNC1CC1. The maximum absolute atomic E-state index is 11.9. The van der Waals surface area contributed by atoms with Crippen molar-refractivity contribution in [3.05, 3.63) is 0 Å². The molecule has 0 radical (unpaired) electrons. The summed E-state index contributed by atoms with van der Waals surface area (Å²) in [4.78, 5) is 0. The van der Waals surface area contributed by atoms with Crippen LogP contribution in [0.1, 0.15) is 45.4 Å². The van der Waals surface area contributed by atoms with E-state index in [0.717, 1.165) is 25.8 Å². The van der Waals surface area contributed by atoms with Gasteiger partial charge in [0, 0.05) is 19.2 Å². The second-order valence-corrected chi connectivity index (χ2v) is 7.19. The lowest BCUT2D eigenvalue weighted by Gasteiger charge is -2.17. The van der Waals surface area contributed by atoms with Crippen LogP contribution in [0, 0.1) is 0 Å². The van der Waals surface area contributed by atoms with Crippen molar-refractivity contribution in [2.75, 3.05) is 26.0 Å². The van der Waals surface area contributed by atoms with Crippen LogP contribution in [0.4, 0.5) is 0 Å². The molecule has 0 aromatic rings. The topological polar surface area (TPSA) is 67.4 Å². The summed E-state index contributed by atoms with van der Waals surface area (Å²) in [5, 5.41) is 3.39. The zero-order chi connectivity index (χ0) is 14.1. The molecule has 1 saturated carbocycles. The van der Waals surface area contributed by atoms with Crippen molar-refractivity contribution >= 4 is 10.0 Å². The number of methoxy groups -OCH3 is 1. The van der Waals surface area contributed by atoms with E-state index in [0.29, 0.717) is 19.1 Å². The standard InChI is InChI=1S/C13H28N2O3S/c1-3-6-13(11-18-2)15-19(16,17)10-5-4-9-14-12-7-8-12/h12-15H,3-11H2,1-2H3. The Bertz CT molecular complexity index is 323. The third-order valence-electron chi connectivity index (χ3n) is 3.20. The van der Waals surface area contributed by atoms with Gasteiger partial charge in [-0.2, -0.15) is 0 Å². The molecule has 1 aliphatic carbocycles. The van der Waals surface area contributed by atoms with Crippen molar-refractivity contribution in [3.8, 4) is 0 Å². The highest BCUT2D eigenvalue weighted by atomic mass is 32.2. The fourth-order valence-corrected chi connectivity index (χ4v) is 3.45. The molecule has 6 heteroatoms. The van der Waals surface area contributed by atoms with Crippen LogP contribution in [0.25, 0.3) is 0 Å². The Balaban J connectivity index is 2.16. The molecule has 19 heavy (non-hydrogen) atoms. The number of nitrogens with one attached hydrogen (secondary N) is 2. The molecule has 1 fully saturated rings. The fraction of sp³-hybridized carbons (Fsp3) is 1.00. The van der Waals surface area contributed by atoms with Crippen LogP contribution in [-0.4, -0.2) is 46.5 Å². The lowest BCUT2D eigenvalue weighted by Crippen LogP contribution is -2.39. The van der Waals surface area contributed by atoms with E-state index in [1.54, 1.807) is 7.11 Å². The van der Waals surface area contributed by atoms with Crippen molar-refractivity contribution in [2.24, 2.45) is 0 Å². The first kappa shape index (κ1) is 16.9. The van der Waals surface area contributed by atoms with E-state index in [-0.39, 0.29) is 11.8 Å². The van der Waals surface area contributed by atoms with Gasteiger partial charge in [0.15, 0.2) is 0 Å². The summed E-state index contributed by atoms with van der Waals surface area (Å²) in [5.74, 6) is 0.212. The molecule has 5 nitrogen and oxygen atoms in total. The first-order valence-electron chi connectivity index (χ1n) is 7.29. The number of hydrogen-bond donors (Lipinski definition) is 2. The highest BCUT2D eigenvalue weighted by molar-refractivity contribution is 7.89. The molecule has 1 unspecified atom stereocenters. The molecule has 1 rings (SSSR count). The molecule has 0 spiro atoms. The Morgan fingerprint density at radius 2 is 2.05 bits per heavy atom. The molecule has 0 bridgehead atoms. The monoisotopic (exact) mass is 292 g/mol. The number of sulfonamides is 1. The van der Waals surface area contributed by atoms with Crippen molar-refractivity contribution in [1.29, 1.82) is 0 Å². The molecule has 1 atom stereocenters. The molecule has 1 aliphatic rings. The van der Waals surface area contributed by atoms with E-state index in [2.05, 4.69) is 10.0 Å². The average Bonchev–Trinajstić information content (AvgIpc) is 3.12. The smallest absolute Gasteiger partial charge is 0.211 e. The zero-order valence-corrected chi connectivity index (χ0v) is 13.0. The summed E-state index contributed by atoms with van der Waals surface area (Å²) in [5.41, 5.74) is 0. The Morgan fingerprint density at radius 3 is 2.63 bits per heavy atom. The van der Waals surface area contributed by atoms with Crippen LogP contribution in [0.3, 0.4) is 0 Å². The average molecular weight is 292 g/mol. The maximum atomic E-state index is 11.9. The van der Waals surface area contributed by atoms with Crippen LogP contribution in [-0.2, 0) is 14.8 Å². The summed E-state index contributed by atoms with van der Waals surface area (Å²) in [7, 11) is -1.57. The summed E-state index contributed by atoms with van der Waals surface area (Å²) < 4.78 is 31.6. The Labute approximate surface area is 117 Å². The highest BCUT2D eigenvalue weighted by Crippen LogP contribution is 2.18. The molecule has 0 aromatic heterocycles. The molecular weight excluding hydrogens is 264 g/mol. The van der Waals surface area contributed by atoms with E-state index < -0.39 is 10.0 Å². The fourth-order valence-electron chi connectivity index (χ4n) is 2.05. The normalized spacial score (nSPS) is 17.6. The predicted octanol–water partition coefficient (Wildman–Crippen LogP) is 1.25. The van der Waals surface area contributed by atoms with E-state index in [4.69, 9.17) is 4.74 Å². The van der Waals surface area contributed by atoms with Gasteiger partial charge in [-0.15, -0.1) is 0 Å². The summed E-state index contributed by atoms with van der Waals surface area (Å²) >= 11 is 0. The van der Waals surface area contributed by atoms with E-state index in [1.165, 1.54) is 12.8 Å². The predicted molar refractivity (Wildman–Crippen MR) is 77.8 cm³/mol. The number of rotatable bonds is 12. The number of unbranched alkanes of at least 4 members (excludes halogenated alkanes) is 1. The zero-order valence-electron chi connectivity index (χ0n) is 12.2. The van der Waals surface area contributed by atoms with Gasteiger partial charge in [-0.25, -0.2) is 13.1 Å². The minimum absolute atomic E-state index is 0.0930. The Hall–Kier alpha value is -0.170.